The van der Waals surface area contributed by atoms with Gasteiger partial charge in [0.25, 0.3) is 11.9 Å². The molecule has 2 saturated heterocycles. The summed E-state index contributed by atoms with van der Waals surface area (Å²) in [5.41, 5.74) is 9.24. The summed E-state index contributed by atoms with van der Waals surface area (Å²) in [5, 5.41) is 4.54. The normalized spacial score (nSPS) is 18.5. The quantitative estimate of drug-likeness (QED) is 0.406. The standard InChI is InChI=1S/C28H30FN9O/c29-23-14-33-28(34-15-23)38-25(21-6-9-36(10-7-21)17-19-12-31-27(30)32-13-19)24(16-35-38)26(39)37-11-8-22(18-37)20-4-2-1-3-5-20/h1-5,12-16,21-22H,6-11,17-18H2,(H2,30,31,32)/t22-/m0/s1. The van der Waals surface area contributed by atoms with Crippen molar-refractivity contribution in [2.45, 2.75) is 37.6 Å². The van der Waals surface area contributed by atoms with E-state index < -0.39 is 5.82 Å². The molecule has 6 rings (SSSR count). The smallest absolute Gasteiger partial charge is 0.257 e. The van der Waals surface area contributed by atoms with Crippen molar-refractivity contribution in [2.24, 2.45) is 0 Å². The van der Waals surface area contributed by atoms with E-state index in [0.717, 1.165) is 62.5 Å². The summed E-state index contributed by atoms with van der Waals surface area (Å²) in [5.74, 6) is 0.363. The number of hydrogen-bond donors (Lipinski definition) is 1. The van der Waals surface area contributed by atoms with Crippen LogP contribution in [0.15, 0.2) is 61.3 Å². The number of nitrogens with zero attached hydrogens (tertiary/aromatic N) is 8. The fraction of sp³-hybridized carbons (Fsp3) is 0.357. The van der Waals surface area contributed by atoms with Gasteiger partial charge in [-0.05, 0) is 37.9 Å². The first-order valence-corrected chi connectivity index (χ1v) is 13.2. The number of piperidine rings is 1. The molecule has 0 saturated carbocycles. The van der Waals surface area contributed by atoms with Crippen LogP contribution in [0.4, 0.5) is 10.3 Å². The topological polar surface area (TPSA) is 119 Å². The zero-order chi connectivity index (χ0) is 26.8. The zero-order valence-electron chi connectivity index (χ0n) is 21.5. The van der Waals surface area contributed by atoms with Gasteiger partial charge in [0.05, 0.1) is 29.8 Å². The SMILES string of the molecule is Nc1ncc(CN2CCC(c3c(C(=O)N4CC[C@H](c5ccccc5)C4)cnn3-c3ncc(F)cn3)CC2)cn1. The Labute approximate surface area is 225 Å². The molecule has 39 heavy (non-hydrogen) atoms. The number of carbonyl (C=O) groups is 1. The predicted octanol–water partition coefficient (Wildman–Crippen LogP) is 3.18. The van der Waals surface area contributed by atoms with Crippen molar-refractivity contribution in [1.82, 2.24) is 39.5 Å². The highest BCUT2D eigenvalue weighted by Crippen LogP contribution is 2.34. The minimum atomic E-state index is -0.521. The van der Waals surface area contributed by atoms with Gasteiger partial charge in [-0.2, -0.15) is 5.10 Å². The number of rotatable bonds is 6. The summed E-state index contributed by atoms with van der Waals surface area (Å²) in [4.78, 5) is 34.6. The molecule has 0 spiro atoms. The Kier molecular flexibility index (Phi) is 6.97. The Morgan fingerprint density at radius 3 is 2.31 bits per heavy atom. The maximum absolute atomic E-state index is 13.9. The number of benzene rings is 1. The van der Waals surface area contributed by atoms with Gasteiger partial charge in [0.1, 0.15) is 0 Å². The minimum Gasteiger partial charge on any atom is -0.368 e. The highest BCUT2D eigenvalue weighted by Gasteiger charge is 2.34. The van der Waals surface area contributed by atoms with Crippen molar-refractivity contribution >= 4 is 11.9 Å². The van der Waals surface area contributed by atoms with E-state index in [2.05, 4.69) is 42.1 Å². The van der Waals surface area contributed by atoms with Gasteiger partial charge in [-0.25, -0.2) is 29.0 Å². The van der Waals surface area contributed by atoms with Crippen LogP contribution in [-0.2, 0) is 6.54 Å². The molecule has 10 nitrogen and oxygen atoms in total. The van der Waals surface area contributed by atoms with Crippen LogP contribution >= 0.6 is 0 Å². The molecule has 1 aromatic carbocycles. The number of anilines is 1. The molecule has 11 heteroatoms. The first-order chi connectivity index (χ1) is 19.0. The lowest BCUT2D eigenvalue weighted by molar-refractivity contribution is 0.0788. The first-order valence-electron chi connectivity index (χ1n) is 13.2. The second kappa shape index (κ2) is 10.9. The highest BCUT2D eigenvalue weighted by molar-refractivity contribution is 5.95. The van der Waals surface area contributed by atoms with Gasteiger partial charge in [0.2, 0.25) is 5.95 Å². The lowest BCUT2D eigenvalue weighted by Crippen LogP contribution is -2.34. The molecule has 2 aliphatic rings. The van der Waals surface area contributed by atoms with E-state index in [-0.39, 0.29) is 23.7 Å². The third-order valence-corrected chi connectivity index (χ3v) is 7.69. The molecule has 0 bridgehead atoms. The average molecular weight is 528 g/mol. The van der Waals surface area contributed by atoms with Crippen molar-refractivity contribution in [3.8, 4) is 5.95 Å². The number of aromatic nitrogens is 6. The van der Waals surface area contributed by atoms with E-state index in [4.69, 9.17) is 5.73 Å². The number of halogens is 1. The molecule has 200 valence electrons. The highest BCUT2D eigenvalue weighted by atomic mass is 19.1. The molecule has 0 aliphatic carbocycles. The summed E-state index contributed by atoms with van der Waals surface area (Å²) >= 11 is 0. The second-order valence-corrected chi connectivity index (χ2v) is 10.2. The van der Waals surface area contributed by atoms with Crippen LogP contribution in [0.3, 0.4) is 0 Å². The van der Waals surface area contributed by atoms with Gasteiger partial charge in [0.15, 0.2) is 5.82 Å². The van der Waals surface area contributed by atoms with Crippen molar-refractivity contribution in [3.63, 3.8) is 0 Å². The number of nitrogen functional groups attached to an aromatic ring is 1. The van der Waals surface area contributed by atoms with Crippen LogP contribution in [0.2, 0.25) is 0 Å². The number of amides is 1. The molecule has 4 aromatic rings. The molecule has 1 atom stereocenters. The number of hydrogen-bond acceptors (Lipinski definition) is 8. The Bertz CT molecular complexity index is 1420. The third kappa shape index (κ3) is 5.35. The molecule has 3 aromatic heterocycles. The molecule has 2 N–H and O–H groups in total. The minimum absolute atomic E-state index is 0.0294. The van der Waals surface area contributed by atoms with Crippen LogP contribution in [-0.4, -0.2) is 71.6 Å². The van der Waals surface area contributed by atoms with Gasteiger partial charge in [-0.3, -0.25) is 9.69 Å². The van der Waals surface area contributed by atoms with Crippen molar-refractivity contribution in [3.05, 3.63) is 89.5 Å². The molecule has 1 amide bonds. The third-order valence-electron chi connectivity index (χ3n) is 7.69. The fourth-order valence-electron chi connectivity index (χ4n) is 5.67. The molecule has 2 fully saturated rings. The Morgan fingerprint density at radius 1 is 0.897 bits per heavy atom. The second-order valence-electron chi connectivity index (χ2n) is 10.2. The zero-order valence-corrected chi connectivity index (χ0v) is 21.5. The van der Waals surface area contributed by atoms with Gasteiger partial charge in [-0.15, -0.1) is 0 Å². The monoisotopic (exact) mass is 527 g/mol. The predicted molar refractivity (Wildman–Crippen MR) is 143 cm³/mol. The van der Waals surface area contributed by atoms with Crippen molar-refractivity contribution in [2.75, 3.05) is 31.9 Å². The summed E-state index contributed by atoms with van der Waals surface area (Å²) in [6.45, 7) is 3.75. The van der Waals surface area contributed by atoms with E-state index >= 15 is 0 Å². The van der Waals surface area contributed by atoms with Gasteiger partial charge in [-0.1, -0.05) is 30.3 Å². The van der Waals surface area contributed by atoms with E-state index in [1.807, 2.05) is 23.1 Å². The van der Waals surface area contributed by atoms with Gasteiger partial charge in [0, 0.05) is 49.4 Å². The molecule has 0 unspecified atom stereocenters. The summed E-state index contributed by atoms with van der Waals surface area (Å²) in [6.07, 6.45) is 9.96. The van der Waals surface area contributed by atoms with Crippen LogP contribution in [0.1, 0.15) is 58.3 Å². The van der Waals surface area contributed by atoms with Crippen molar-refractivity contribution < 1.29 is 9.18 Å². The maximum Gasteiger partial charge on any atom is 0.257 e. The molecule has 2 aliphatic heterocycles. The van der Waals surface area contributed by atoms with Crippen LogP contribution in [0.25, 0.3) is 5.95 Å². The number of carbonyl (C=O) groups excluding carboxylic acids is 1. The fourth-order valence-corrected chi connectivity index (χ4v) is 5.67. The molecular formula is C28H30FN9O. The molecular weight excluding hydrogens is 497 g/mol. The van der Waals surface area contributed by atoms with Crippen molar-refractivity contribution in [1.29, 1.82) is 0 Å². The Balaban J connectivity index is 1.23. The lowest BCUT2D eigenvalue weighted by Gasteiger charge is -2.32. The Hall–Kier alpha value is -4.25. The summed E-state index contributed by atoms with van der Waals surface area (Å²) in [7, 11) is 0. The van der Waals surface area contributed by atoms with Crippen LogP contribution < -0.4 is 5.73 Å². The van der Waals surface area contributed by atoms with E-state index in [9.17, 15) is 9.18 Å². The van der Waals surface area contributed by atoms with Gasteiger partial charge < -0.3 is 10.6 Å². The first kappa shape index (κ1) is 25.1. The Morgan fingerprint density at radius 2 is 1.59 bits per heavy atom. The van der Waals surface area contributed by atoms with Crippen LogP contribution in [0.5, 0.6) is 0 Å². The maximum atomic E-state index is 13.9. The largest absolute Gasteiger partial charge is 0.368 e. The van der Waals surface area contributed by atoms with Crippen LogP contribution in [0, 0.1) is 5.82 Å². The number of nitrogens with two attached hydrogens (primary N) is 1. The molecule has 0 radical (unpaired) electrons. The average Bonchev–Trinajstić information content (AvgIpc) is 3.64. The van der Waals surface area contributed by atoms with Gasteiger partial charge >= 0.3 is 0 Å². The van der Waals surface area contributed by atoms with E-state index in [0.29, 0.717) is 24.6 Å². The summed E-state index contributed by atoms with van der Waals surface area (Å²) in [6, 6.07) is 10.3. The molecule has 5 heterocycles. The lowest BCUT2D eigenvalue weighted by atomic mass is 9.90. The summed E-state index contributed by atoms with van der Waals surface area (Å²) < 4.78 is 15.2. The van der Waals surface area contributed by atoms with E-state index in [1.54, 1.807) is 23.3 Å². The van der Waals surface area contributed by atoms with E-state index in [1.165, 1.54) is 5.56 Å². The number of likely N-dealkylation sites (tertiary alicyclic amines) is 2.